The number of nitrogens with zero attached hydrogens (tertiary/aromatic N) is 3. The molecule has 0 fully saturated rings. The number of amides is 1. The molecule has 168 valence electrons. The molecule has 0 aliphatic rings. The average molecular weight is 462 g/mol. The standard InChI is InChI=1S/C20H20F2N6O3S/c1-13-6-7-23-17(10-13)28-18-11-16(26-12-27-18)24-8-9-25-19(29)14-4-2-3-5-15(14)32(30,31)20(21)22/h2-7,10-12,20H,8-9H2,1H3,(H,25,29)(H2,23,24,26,27,28). The number of nitrogens with one attached hydrogen (secondary N) is 3. The largest absolute Gasteiger partial charge is 0.368 e. The van der Waals surface area contributed by atoms with Gasteiger partial charge in [-0.25, -0.2) is 23.4 Å². The van der Waals surface area contributed by atoms with Crippen molar-refractivity contribution in [2.24, 2.45) is 0 Å². The van der Waals surface area contributed by atoms with Gasteiger partial charge in [-0.3, -0.25) is 4.79 Å². The maximum Gasteiger partial charge on any atom is 0.341 e. The van der Waals surface area contributed by atoms with E-state index in [1.165, 1.54) is 24.5 Å². The molecule has 9 nitrogen and oxygen atoms in total. The summed E-state index contributed by atoms with van der Waals surface area (Å²) in [7, 11) is -4.90. The van der Waals surface area contributed by atoms with Gasteiger partial charge in [0.2, 0.25) is 9.84 Å². The molecule has 0 saturated heterocycles. The van der Waals surface area contributed by atoms with E-state index in [1.54, 1.807) is 12.3 Å². The fraction of sp³-hybridized carbons (Fsp3) is 0.200. The van der Waals surface area contributed by atoms with Crippen molar-refractivity contribution < 1.29 is 22.0 Å². The van der Waals surface area contributed by atoms with E-state index in [-0.39, 0.29) is 18.7 Å². The third-order valence-electron chi connectivity index (χ3n) is 4.23. The highest BCUT2D eigenvalue weighted by Gasteiger charge is 2.30. The van der Waals surface area contributed by atoms with Gasteiger partial charge in [-0.15, -0.1) is 0 Å². The smallest absolute Gasteiger partial charge is 0.341 e. The number of pyridine rings is 1. The number of anilines is 3. The van der Waals surface area contributed by atoms with Crippen LogP contribution in [0.25, 0.3) is 0 Å². The van der Waals surface area contributed by atoms with Crippen LogP contribution in [0.15, 0.2) is 59.9 Å². The predicted octanol–water partition coefficient (Wildman–Crippen LogP) is 2.76. The Labute approximate surface area is 183 Å². The van der Waals surface area contributed by atoms with Gasteiger partial charge in [-0.05, 0) is 36.8 Å². The highest BCUT2D eigenvalue weighted by Crippen LogP contribution is 2.22. The van der Waals surface area contributed by atoms with E-state index in [9.17, 15) is 22.0 Å². The number of rotatable bonds is 9. The zero-order valence-electron chi connectivity index (χ0n) is 16.9. The lowest BCUT2D eigenvalue weighted by Crippen LogP contribution is -2.30. The first-order valence-corrected chi connectivity index (χ1v) is 11.0. The molecule has 2 aromatic heterocycles. The van der Waals surface area contributed by atoms with Gasteiger partial charge in [-0.2, -0.15) is 8.78 Å². The minimum absolute atomic E-state index is 0.0914. The molecule has 0 atom stereocenters. The van der Waals surface area contributed by atoms with Crippen molar-refractivity contribution >= 4 is 33.2 Å². The Hall–Kier alpha value is -3.67. The number of aromatic nitrogens is 3. The minimum Gasteiger partial charge on any atom is -0.368 e. The molecule has 1 amide bonds. The van der Waals surface area contributed by atoms with Crippen LogP contribution < -0.4 is 16.0 Å². The van der Waals surface area contributed by atoms with Crippen LogP contribution in [0.5, 0.6) is 0 Å². The van der Waals surface area contributed by atoms with E-state index in [2.05, 4.69) is 30.9 Å². The van der Waals surface area contributed by atoms with E-state index < -0.39 is 26.4 Å². The van der Waals surface area contributed by atoms with E-state index in [1.807, 2.05) is 19.1 Å². The van der Waals surface area contributed by atoms with Crippen LogP contribution in [0.1, 0.15) is 15.9 Å². The van der Waals surface area contributed by atoms with Crippen molar-refractivity contribution in [2.75, 3.05) is 23.7 Å². The summed E-state index contributed by atoms with van der Waals surface area (Å²) in [6, 6.07) is 10.2. The van der Waals surface area contributed by atoms with Crippen molar-refractivity contribution in [2.45, 2.75) is 17.6 Å². The van der Waals surface area contributed by atoms with Gasteiger partial charge in [0, 0.05) is 25.4 Å². The van der Waals surface area contributed by atoms with Gasteiger partial charge in [0.15, 0.2) is 0 Å². The molecule has 0 spiro atoms. The molecule has 12 heteroatoms. The van der Waals surface area contributed by atoms with Crippen molar-refractivity contribution in [1.29, 1.82) is 0 Å². The Morgan fingerprint density at radius 2 is 1.72 bits per heavy atom. The van der Waals surface area contributed by atoms with E-state index in [0.29, 0.717) is 17.5 Å². The zero-order valence-corrected chi connectivity index (χ0v) is 17.7. The second-order valence-corrected chi connectivity index (χ2v) is 8.50. The number of hydrogen-bond acceptors (Lipinski definition) is 8. The Morgan fingerprint density at radius 1 is 1.00 bits per heavy atom. The van der Waals surface area contributed by atoms with E-state index >= 15 is 0 Å². The van der Waals surface area contributed by atoms with Gasteiger partial charge in [0.1, 0.15) is 23.8 Å². The Balaban J connectivity index is 1.57. The molecule has 2 heterocycles. The maximum atomic E-state index is 12.9. The monoisotopic (exact) mass is 462 g/mol. The highest BCUT2D eigenvalue weighted by atomic mass is 32.2. The van der Waals surface area contributed by atoms with Gasteiger partial charge >= 0.3 is 5.76 Å². The van der Waals surface area contributed by atoms with Crippen LogP contribution in [0.3, 0.4) is 0 Å². The summed E-state index contributed by atoms with van der Waals surface area (Å²) >= 11 is 0. The number of carbonyl (C=O) groups excluding carboxylic acids is 1. The minimum atomic E-state index is -4.90. The number of carbonyl (C=O) groups is 1. The quantitative estimate of drug-likeness (QED) is 0.415. The molecular formula is C20H20F2N6O3S. The molecule has 3 aromatic rings. The third kappa shape index (κ3) is 5.72. The Kier molecular flexibility index (Phi) is 7.25. The number of hydrogen-bond donors (Lipinski definition) is 3. The number of halogens is 2. The molecule has 3 rings (SSSR count). The fourth-order valence-electron chi connectivity index (χ4n) is 2.72. The molecule has 3 N–H and O–H groups in total. The molecule has 32 heavy (non-hydrogen) atoms. The van der Waals surface area contributed by atoms with Crippen LogP contribution in [0, 0.1) is 6.92 Å². The van der Waals surface area contributed by atoms with Gasteiger partial charge in [0.05, 0.1) is 10.5 Å². The van der Waals surface area contributed by atoms with Gasteiger partial charge < -0.3 is 16.0 Å². The Morgan fingerprint density at radius 3 is 2.47 bits per heavy atom. The second kappa shape index (κ2) is 10.1. The molecule has 1 aromatic carbocycles. The SMILES string of the molecule is Cc1ccnc(Nc2cc(NCCNC(=O)c3ccccc3S(=O)(=O)C(F)F)ncn2)c1. The number of benzene rings is 1. The zero-order chi connectivity index (χ0) is 23.1. The molecule has 0 aliphatic carbocycles. The van der Waals surface area contributed by atoms with Crippen molar-refractivity contribution in [3.8, 4) is 0 Å². The van der Waals surface area contributed by atoms with Crippen LogP contribution in [0.2, 0.25) is 0 Å². The fourth-order valence-corrected chi connectivity index (χ4v) is 3.65. The number of sulfone groups is 1. The molecule has 0 unspecified atom stereocenters. The predicted molar refractivity (Wildman–Crippen MR) is 115 cm³/mol. The van der Waals surface area contributed by atoms with Gasteiger partial charge in [-0.1, -0.05) is 12.1 Å². The average Bonchev–Trinajstić information content (AvgIpc) is 2.77. The number of alkyl halides is 2. The molecule has 0 aliphatic heterocycles. The van der Waals surface area contributed by atoms with Crippen LogP contribution >= 0.6 is 0 Å². The highest BCUT2D eigenvalue weighted by molar-refractivity contribution is 7.91. The summed E-state index contributed by atoms with van der Waals surface area (Å²) in [4.78, 5) is 24.0. The lowest BCUT2D eigenvalue weighted by atomic mass is 10.2. The van der Waals surface area contributed by atoms with Crippen molar-refractivity contribution in [1.82, 2.24) is 20.3 Å². The second-order valence-electron chi connectivity index (χ2n) is 6.62. The topological polar surface area (TPSA) is 126 Å². The van der Waals surface area contributed by atoms with Gasteiger partial charge in [0.25, 0.3) is 5.91 Å². The maximum absolute atomic E-state index is 12.9. The summed E-state index contributed by atoms with van der Waals surface area (Å²) < 4.78 is 49.3. The molecular weight excluding hydrogens is 442 g/mol. The van der Waals surface area contributed by atoms with E-state index in [0.717, 1.165) is 11.6 Å². The lowest BCUT2D eigenvalue weighted by Gasteiger charge is -2.11. The lowest BCUT2D eigenvalue weighted by molar-refractivity contribution is 0.0951. The summed E-state index contributed by atoms with van der Waals surface area (Å²) in [5, 5.41) is 8.54. The summed E-state index contributed by atoms with van der Waals surface area (Å²) in [6.07, 6.45) is 3.02. The normalized spacial score (nSPS) is 11.2. The summed E-state index contributed by atoms with van der Waals surface area (Å²) in [5.41, 5.74) is 0.695. The first-order valence-electron chi connectivity index (χ1n) is 9.42. The number of aryl methyl sites for hydroxylation is 1. The Bertz CT molecular complexity index is 1210. The van der Waals surface area contributed by atoms with Crippen LogP contribution in [0.4, 0.5) is 26.2 Å². The van der Waals surface area contributed by atoms with Crippen molar-refractivity contribution in [3.05, 3.63) is 66.1 Å². The molecule has 0 saturated carbocycles. The van der Waals surface area contributed by atoms with Crippen LogP contribution in [-0.2, 0) is 9.84 Å². The first-order chi connectivity index (χ1) is 15.3. The van der Waals surface area contributed by atoms with Crippen molar-refractivity contribution in [3.63, 3.8) is 0 Å². The summed E-state index contributed by atoms with van der Waals surface area (Å²) in [6.45, 7) is 2.28. The molecule has 0 radical (unpaired) electrons. The van der Waals surface area contributed by atoms with E-state index in [4.69, 9.17) is 0 Å². The third-order valence-corrected chi connectivity index (χ3v) is 5.67. The molecule has 0 bridgehead atoms. The van der Waals surface area contributed by atoms with Crippen LogP contribution in [-0.4, -0.2) is 48.1 Å². The summed E-state index contributed by atoms with van der Waals surface area (Å²) in [5.74, 6) is -2.78. The first kappa shape index (κ1) is 23.0.